The number of nitrogens with zero attached hydrogens (tertiary/aromatic N) is 6. The van der Waals surface area contributed by atoms with Gasteiger partial charge in [0.15, 0.2) is 11.6 Å². The van der Waals surface area contributed by atoms with Crippen molar-refractivity contribution in [1.29, 1.82) is 0 Å². The van der Waals surface area contributed by atoms with Gasteiger partial charge in [-0.25, -0.2) is 13.8 Å². The van der Waals surface area contributed by atoms with Crippen LogP contribution in [-0.2, 0) is 6.18 Å². The van der Waals surface area contributed by atoms with Crippen molar-refractivity contribution < 1.29 is 31.4 Å². The minimum atomic E-state index is -4.89. The second-order valence-electron chi connectivity index (χ2n) is 13.5. The molecular formula is C31H33ClF5N7O2. The van der Waals surface area contributed by atoms with E-state index < -0.39 is 40.5 Å². The molecule has 1 unspecified atom stereocenters. The lowest BCUT2D eigenvalue weighted by atomic mass is 9.91. The number of anilines is 2. The first-order valence-corrected chi connectivity index (χ1v) is 15.9. The Labute approximate surface area is 266 Å². The first-order chi connectivity index (χ1) is 21.8. The Kier molecular flexibility index (Phi) is 6.80. The van der Waals surface area contributed by atoms with Crippen molar-refractivity contribution in [2.24, 2.45) is 5.92 Å². The Morgan fingerprint density at radius 3 is 2.78 bits per heavy atom. The third-order valence-electron chi connectivity index (χ3n) is 10.7. The van der Waals surface area contributed by atoms with E-state index in [1.54, 1.807) is 0 Å². The third kappa shape index (κ3) is 4.50. The summed E-state index contributed by atoms with van der Waals surface area (Å²) in [6.45, 7) is 3.95. The molecular weight excluding hydrogens is 633 g/mol. The molecule has 5 atom stereocenters. The number of rotatable bonds is 4. The fourth-order valence-electron chi connectivity index (χ4n) is 8.61. The molecule has 0 radical (unpaired) electrons. The van der Waals surface area contributed by atoms with Crippen LogP contribution in [0.1, 0.15) is 36.8 Å². The van der Waals surface area contributed by atoms with Crippen LogP contribution in [0.4, 0.5) is 33.6 Å². The molecule has 5 aliphatic heterocycles. The Balaban J connectivity index is 1.34. The van der Waals surface area contributed by atoms with Crippen molar-refractivity contribution in [3.05, 3.63) is 28.0 Å². The molecule has 0 spiro atoms. The summed E-state index contributed by atoms with van der Waals surface area (Å²) in [5, 5.41) is -0.210. The van der Waals surface area contributed by atoms with Gasteiger partial charge in [0.1, 0.15) is 36.5 Å². The minimum absolute atomic E-state index is 0.0140. The lowest BCUT2D eigenvalue weighted by Crippen LogP contribution is -2.51. The number of aromatic nitrogens is 3. The molecule has 4 fully saturated rings. The second kappa shape index (κ2) is 10.4. The Morgan fingerprint density at radius 2 is 2.00 bits per heavy atom. The largest absolute Gasteiger partial charge is 0.489 e. The zero-order valence-corrected chi connectivity index (χ0v) is 26.1. The third-order valence-corrected chi connectivity index (χ3v) is 11.0. The number of hydrogen-bond donors (Lipinski definition) is 1. The van der Waals surface area contributed by atoms with E-state index in [1.807, 2.05) is 0 Å². The summed E-state index contributed by atoms with van der Waals surface area (Å²) in [7, 11) is 2.06. The van der Waals surface area contributed by atoms with Gasteiger partial charge in [-0.2, -0.15) is 23.1 Å². The Morgan fingerprint density at radius 1 is 1.20 bits per heavy atom. The van der Waals surface area contributed by atoms with E-state index in [4.69, 9.17) is 31.8 Å². The van der Waals surface area contributed by atoms with Crippen LogP contribution >= 0.6 is 11.6 Å². The van der Waals surface area contributed by atoms with Gasteiger partial charge in [0.2, 0.25) is 0 Å². The van der Waals surface area contributed by atoms with Gasteiger partial charge < -0.3 is 25.0 Å². The number of aryl methyl sites for hydroxylation is 1. The molecule has 246 valence electrons. The molecule has 9 nitrogen and oxygen atoms in total. The minimum Gasteiger partial charge on any atom is -0.489 e. The fraction of sp³-hybridized carbons (Fsp3) is 0.581. The highest BCUT2D eigenvalue weighted by Gasteiger charge is 2.50. The predicted molar refractivity (Wildman–Crippen MR) is 162 cm³/mol. The number of nitrogens with two attached hydrogens (primary N) is 1. The number of alkyl halides is 4. The van der Waals surface area contributed by atoms with Gasteiger partial charge in [0.05, 0.1) is 38.8 Å². The lowest BCUT2D eigenvalue weighted by Gasteiger charge is -2.39. The topological polar surface area (TPSA) is 92.9 Å². The van der Waals surface area contributed by atoms with Crippen LogP contribution in [0.2, 0.25) is 5.02 Å². The van der Waals surface area contributed by atoms with E-state index in [0.717, 1.165) is 38.4 Å². The highest BCUT2D eigenvalue weighted by Crippen LogP contribution is 2.52. The maximum absolute atomic E-state index is 16.9. The van der Waals surface area contributed by atoms with E-state index >= 15 is 4.39 Å². The van der Waals surface area contributed by atoms with E-state index in [0.29, 0.717) is 25.3 Å². The van der Waals surface area contributed by atoms with Gasteiger partial charge in [-0.1, -0.05) is 11.6 Å². The normalized spacial score (nSPS) is 29.2. The number of hydrogen-bond acceptors (Lipinski definition) is 9. The van der Waals surface area contributed by atoms with Crippen molar-refractivity contribution in [3.8, 4) is 23.0 Å². The fourth-order valence-corrected chi connectivity index (χ4v) is 8.93. The first kappa shape index (κ1) is 30.1. The number of nitrogen functional groups attached to an aromatic ring is 1. The molecule has 2 N–H and O–H groups in total. The first-order valence-electron chi connectivity index (χ1n) is 15.5. The van der Waals surface area contributed by atoms with Crippen LogP contribution in [0.3, 0.4) is 0 Å². The van der Waals surface area contributed by atoms with Crippen LogP contribution in [-0.4, -0.2) is 95.0 Å². The number of benzene rings is 1. The van der Waals surface area contributed by atoms with Gasteiger partial charge in [-0.15, -0.1) is 0 Å². The molecule has 46 heavy (non-hydrogen) atoms. The van der Waals surface area contributed by atoms with Crippen molar-refractivity contribution in [2.45, 2.75) is 62.6 Å². The van der Waals surface area contributed by atoms with Crippen LogP contribution in [0.5, 0.6) is 11.8 Å². The standard InChI is InChI=1S/C31H33ClF5N7O2/c1-14-6-19(38)39-25(22(14)31(35,36)37)20-23(32)27-21-26(24(20)34)40-29(46-13-30-4-3-5-43(30)10-16(33)8-30)41-28(21)44-11-17-7-15(9-42(17)2)18(44)12-45-27/h6,15-18H,3-5,7-13H2,1-2H3,(H2,38,39)/t15-,16-,17?,18-,30+/m1/s1. The maximum atomic E-state index is 16.9. The Hall–Kier alpha value is -3.23. The van der Waals surface area contributed by atoms with E-state index in [1.165, 1.54) is 6.92 Å². The van der Waals surface area contributed by atoms with E-state index in [9.17, 15) is 17.6 Å². The molecule has 8 rings (SSSR count). The van der Waals surface area contributed by atoms with Crippen LogP contribution < -0.4 is 20.1 Å². The van der Waals surface area contributed by atoms with Crippen molar-refractivity contribution in [3.63, 3.8) is 0 Å². The number of ether oxygens (including phenoxy) is 2. The summed E-state index contributed by atoms with van der Waals surface area (Å²) in [6.07, 6.45) is -2.98. The number of halogens is 6. The molecule has 0 aliphatic carbocycles. The van der Waals surface area contributed by atoms with E-state index in [-0.39, 0.29) is 70.3 Å². The molecule has 5 aliphatic rings. The number of pyridine rings is 1. The second-order valence-corrected chi connectivity index (χ2v) is 13.8. The maximum Gasteiger partial charge on any atom is 0.418 e. The molecule has 0 amide bonds. The summed E-state index contributed by atoms with van der Waals surface area (Å²) in [5.74, 6) is -0.810. The zero-order chi connectivity index (χ0) is 32.3. The quantitative estimate of drug-likeness (QED) is 0.375. The molecule has 15 heteroatoms. The number of likely N-dealkylation sites (tertiary alicyclic amines) is 1. The summed E-state index contributed by atoms with van der Waals surface area (Å²) in [5.41, 5.74) is 2.32. The smallest absolute Gasteiger partial charge is 0.418 e. The Bertz CT molecular complexity index is 1760. The monoisotopic (exact) mass is 665 g/mol. The summed E-state index contributed by atoms with van der Waals surface area (Å²) >= 11 is 6.83. The van der Waals surface area contributed by atoms with Gasteiger partial charge in [0.25, 0.3) is 0 Å². The van der Waals surface area contributed by atoms with Gasteiger partial charge in [-0.05, 0) is 57.3 Å². The molecule has 2 bridgehead atoms. The summed E-state index contributed by atoms with van der Waals surface area (Å²) < 4.78 is 87.2. The average molecular weight is 666 g/mol. The lowest BCUT2D eigenvalue weighted by molar-refractivity contribution is -0.137. The van der Waals surface area contributed by atoms with Crippen molar-refractivity contribution in [1.82, 2.24) is 24.8 Å². The van der Waals surface area contributed by atoms with Gasteiger partial charge >= 0.3 is 12.2 Å². The predicted octanol–water partition coefficient (Wildman–Crippen LogP) is 5.25. The molecule has 1 aromatic carbocycles. The number of piperidine rings is 1. The van der Waals surface area contributed by atoms with Gasteiger partial charge in [-0.3, -0.25) is 4.90 Å². The summed E-state index contributed by atoms with van der Waals surface area (Å²) in [4.78, 5) is 19.6. The average Bonchev–Trinajstić information content (AvgIpc) is 3.56. The molecule has 4 saturated heterocycles. The van der Waals surface area contributed by atoms with E-state index in [2.05, 4.69) is 31.7 Å². The molecule has 7 heterocycles. The molecule has 2 aromatic heterocycles. The molecule has 3 aromatic rings. The van der Waals surface area contributed by atoms with Crippen molar-refractivity contribution >= 4 is 34.1 Å². The van der Waals surface area contributed by atoms with Gasteiger partial charge in [0, 0.05) is 32.1 Å². The SMILES string of the molecule is Cc1cc(N)nc(-c2c(Cl)c3c4c(nc(OC[C@@]56CCCN5C[C@H](F)C6)nc4c2F)N2CC4C[C@H](CN4C)[C@H]2CO3)c1C(F)(F)F. The number of fused-ring (bicyclic) bond motifs is 6. The van der Waals surface area contributed by atoms with Crippen molar-refractivity contribution in [2.75, 3.05) is 57.1 Å². The highest BCUT2D eigenvalue weighted by molar-refractivity contribution is 6.36. The number of likely N-dealkylation sites (N-methyl/N-ethyl adjacent to an activating group) is 1. The highest BCUT2D eigenvalue weighted by atomic mass is 35.5. The summed E-state index contributed by atoms with van der Waals surface area (Å²) in [6, 6.07) is 0.990. The van der Waals surface area contributed by atoms with Crippen LogP contribution in [0.25, 0.3) is 22.2 Å². The molecule has 0 saturated carbocycles. The van der Waals surface area contributed by atoms with Crippen LogP contribution in [0.15, 0.2) is 6.07 Å². The zero-order valence-electron chi connectivity index (χ0n) is 25.3. The van der Waals surface area contributed by atoms with Crippen LogP contribution in [0, 0.1) is 18.7 Å².